The topological polar surface area (TPSA) is 32.3 Å². The molecule has 5 heteroatoms. The molecule has 1 aliphatic heterocycles. The molecule has 1 saturated carbocycles. The maximum Gasteiger partial charge on any atom is 0.238 e. The van der Waals surface area contributed by atoms with Crippen LogP contribution in [0.4, 0.5) is 5.69 Å². The first-order chi connectivity index (χ1) is 11.6. The van der Waals surface area contributed by atoms with Crippen molar-refractivity contribution < 1.29 is 4.79 Å². The predicted molar refractivity (Wildman–Crippen MR) is 99.9 cm³/mol. The standard InChI is InChI=1S/C19H21ClN2OS/c1-12-15(20)3-2-4-16(12)21-18(23)11-22-9-7-17-14(8-10-24-17)19(22)13-5-6-13/h2-4,8,10,13,19H,5-7,9,11H2,1H3,(H,21,23)/t19-/m0/s1. The highest BCUT2D eigenvalue weighted by molar-refractivity contribution is 7.10. The molecule has 1 aromatic carbocycles. The number of hydrogen-bond donors (Lipinski definition) is 1. The lowest BCUT2D eigenvalue weighted by molar-refractivity contribution is -0.118. The van der Waals surface area contributed by atoms with Gasteiger partial charge in [-0.05, 0) is 66.8 Å². The van der Waals surface area contributed by atoms with E-state index in [1.54, 1.807) is 0 Å². The summed E-state index contributed by atoms with van der Waals surface area (Å²) >= 11 is 8.00. The summed E-state index contributed by atoms with van der Waals surface area (Å²) in [6.45, 7) is 3.35. The average Bonchev–Trinajstić information content (AvgIpc) is 3.28. The highest BCUT2D eigenvalue weighted by atomic mass is 35.5. The van der Waals surface area contributed by atoms with Crippen LogP contribution in [0.15, 0.2) is 29.6 Å². The zero-order chi connectivity index (χ0) is 16.7. The van der Waals surface area contributed by atoms with Crippen molar-refractivity contribution in [1.82, 2.24) is 4.90 Å². The first kappa shape index (κ1) is 16.1. The molecule has 2 aromatic rings. The lowest BCUT2D eigenvalue weighted by Crippen LogP contribution is -2.41. The van der Waals surface area contributed by atoms with Gasteiger partial charge in [-0.3, -0.25) is 9.69 Å². The Bertz CT molecular complexity index is 768. The second-order valence-corrected chi connectivity index (χ2v) is 8.17. The second kappa shape index (κ2) is 6.51. The number of amides is 1. The smallest absolute Gasteiger partial charge is 0.238 e. The van der Waals surface area contributed by atoms with Crippen molar-refractivity contribution in [1.29, 1.82) is 0 Å². The predicted octanol–water partition coefficient (Wildman–Crippen LogP) is 4.66. The van der Waals surface area contributed by atoms with E-state index in [0.29, 0.717) is 17.6 Å². The van der Waals surface area contributed by atoms with E-state index >= 15 is 0 Å². The lowest BCUT2D eigenvalue weighted by atomic mass is 9.96. The van der Waals surface area contributed by atoms with E-state index in [2.05, 4.69) is 21.7 Å². The number of benzene rings is 1. The van der Waals surface area contributed by atoms with Gasteiger partial charge in [0.25, 0.3) is 0 Å². The monoisotopic (exact) mass is 360 g/mol. The summed E-state index contributed by atoms with van der Waals surface area (Å²) in [7, 11) is 0. The molecule has 0 saturated heterocycles. The van der Waals surface area contributed by atoms with E-state index in [-0.39, 0.29) is 5.91 Å². The molecule has 0 unspecified atom stereocenters. The molecule has 1 aromatic heterocycles. The number of anilines is 1. The van der Waals surface area contributed by atoms with Crippen molar-refractivity contribution in [3.05, 3.63) is 50.7 Å². The van der Waals surface area contributed by atoms with Crippen LogP contribution in [0.5, 0.6) is 0 Å². The minimum absolute atomic E-state index is 0.0460. The summed E-state index contributed by atoms with van der Waals surface area (Å²) in [5, 5.41) is 5.91. The molecular weight excluding hydrogens is 340 g/mol. The van der Waals surface area contributed by atoms with Crippen molar-refractivity contribution in [3.8, 4) is 0 Å². The van der Waals surface area contributed by atoms with Crippen LogP contribution in [0.25, 0.3) is 0 Å². The van der Waals surface area contributed by atoms with Gasteiger partial charge in [-0.1, -0.05) is 17.7 Å². The van der Waals surface area contributed by atoms with Crippen molar-refractivity contribution in [2.24, 2.45) is 5.92 Å². The number of nitrogens with zero attached hydrogens (tertiary/aromatic N) is 1. The SMILES string of the molecule is Cc1c(Cl)cccc1NC(=O)CN1CCc2sccc2[C@@H]1C1CC1. The molecule has 1 atom stereocenters. The van der Waals surface area contributed by atoms with Gasteiger partial charge in [-0.25, -0.2) is 0 Å². The third kappa shape index (κ3) is 3.10. The van der Waals surface area contributed by atoms with Gasteiger partial charge in [0, 0.05) is 28.2 Å². The van der Waals surface area contributed by atoms with E-state index < -0.39 is 0 Å². The summed E-state index contributed by atoms with van der Waals surface area (Å²) in [6.07, 6.45) is 3.62. The Hall–Kier alpha value is -1.36. The number of thiophene rings is 1. The number of halogens is 1. The van der Waals surface area contributed by atoms with Gasteiger partial charge < -0.3 is 5.32 Å². The largest absolute Gasteiger partial charge is 0.325 e. The molecule has 2 heterocycles. The normalized spacial score (nSPS) is 20.7. The van der Waals surface area contributed by atoms with Crippen molar-refractivity contribution in [2.75, 3.05) is 18.4 Å². The van der Waals surface area contributed by atoms with Gasteiger partial charge in [0.1, 0.15) is 0 Å². The van der Waals surface area contributed by atoms with Gasteiger partial charge in [0.05, 0.1) is 6.54 Å². The van der Waals surface area contributed by atoms with E-state index in [9.17, 15) is 4.79 Å². The molecule has 0 radical (unpaired) electrons. The maximum absolute atomic E-state index is 12.6. The van der Waals surface area contributed by atoms with Crippen LogP contribution in [-0.4, -0.2) is 23.9 Å². The number of rotatable bonds is 4. The molecule has 1 fully saturated rings. The van der Waals surface area contributed by atoms with Crippen LogP contribution >= 0.6 is 22.9 Å². The van der Waals surface area contributed by atoms with Crippen molar-refractivity contribution >= 4 is 34.5 Å². The van der Waals surface area contributed by atoms with Gasteiger partial charge in [-0.2, -0.15) is 0 Å². The quantitative estimate of drug-likeness (QED) is 0.860. The van der Waals surface area contributed by atoms with Gasteiger partial charge in [-0.15, -0.1) is 11.3 Å². The number of nitrogens with one attached hydrogen (secondary N) is 1. The zero-order valence-electron chi connectivity index (χ0n) is 13.7. The van der Waals surface area contributed by atoms with Gasteiger partial charge in [0.15, 0.2) is 0 Å². The molecule has 0 spiro atoms. The van der Waals surface area contributed by atoms with E-state index in [1.165, 1.54) is 23.3 Å². The van der Waals surface area contributed by atoms with Crippen LogP contribution in [0.3, 0.4) is 0 Å². The maximum atomic E-state index is 12.6. The Kier molecular flexibility index (Phi) is 4.37. The fourth-order valence-corrected chi connectivity index (χ4v) is 4.74. The van der Waals surface area contributed by atoms with E-state index in [4.69, 9.17) is 11.6 Å². The number of carbonyl (C=O) groups is 1. The number of fused-ring (bicyclic) bond motifs is 1. The fraction of sp³-hybridized carbons (Fsp3) is 0.421. The van der Waals surface area contributed by atoms with Crippen LogP contribution in [0.2, 0.25) is 5.02 Å². The van der Waals surface area contributed by atoms with Gasteiger partial charge >= 0.3 is 0 Å². The van der Waals surface area contributed by atoms with Crippen LogP contribution < -0.4 is 5.32 Å². The highest BCUT2D eigenvalue weighted by Crippen LogP contribution is 2.48. The van der Waals surface area contributed by atoms with E-state index in [1.807, 2.05) is 36.5 Å². The third-order valence-electron chi connectivity index (χ3n) is 5.07. The second-order valence-electron chi connectivity index (χ2n) is 6.76. The molecule has 3 nitrogen and oxygen atoms in total. The Morgan fingerprint density at radius 1 is 1.38 bits per heavy atom. The molecule has 1 aliphatic carbocycles. The van der Waals surface area contributed by atoms with Crippen LogP contribution in [0.1, 0.15) is 34.9 Å². The Labute approximate surface area is 151 Å². The molecule has 126 valence electrons. The number of carbonyl (C=O) groups excluding carboxylic acids is 1. The Morgan fingerprint density at radius 3 is 3.00 bits per heavy atom. The molecular formula is C19H21ClN2OS. The van der Waals surface area contributed by atoms with Crippen molar-refractivity contribution in [3.63, 3.8) is 0 Å². The van der Waals surface area contributed by atoms with Crippen molar-refractivity contribution in [2.45, 2.75) is 32.2 Å². The third-order valence-corrected chi connectivity index (χ3v) is 6.48. The summed E-state index contributed by atoms with van der Waals surface area (Å²) in [5.74, 6) is 0.768. The van der Waals surface area contributed by atoms with Crippen LogP contribution in [-0.2, 0) is 11.2 Å². The summed E-state index contributed by atoms with van der Waals surface area (Å²) in [4.78, 5) is 16.5. The molecule has 0 bridgehead atoms. The zero-order valence-corrected chi connectivity index (χ0v) is 15.3. The molecule has 1 amide bonds. The first-order valence-corrected chi connectivity index (χ1v) is 9.74. The summed E-state index contributed by atoms with van der Waals surface area (Å²) < 4.78 is 0. The summed E-state index contributed by atoms with van der Waals surface area (Å²) in [5.41, 5.74) is 3.19. The molecule has 4 rings (SSSR count). The van der Waals surface area contributed by atoms with Crippen LogP contribution in [0, 0.1) is 12.8 Å². The van der Waals surface area contributed by atoms with Gasteiger partial charge in [0.2, 0.25) is 5.91 Å². The average molecular weight is 361 g/mol. The molecule has 2 aliphatic rings. The Morgan fingerprint density at radius 2 is 2.21 bits per heavy atom. The highest BCUT2D eigenvalue weighted by Gasteiger charge is 2.40. The summed E-state index contributed by atoms with van der Waals surface area (Å²) in [6, 6.07) is 8.31. The van der Waals surface area contributed by atoms with E-state index in [0.717, 1.165) is 30.1 Å². The lowest BCUT2D eigenvalue weighted by Gasteiger charge is -2.35. The molecule has 1 N–H and O–H groups in total. The first-order valence-electron chi connectivity index (χ1n) is 8.49. The number of hydrogen-bond acceptors (Lipinski definition) is 3. The molecule has 24 heavy (non-hydrogen) atoms. The minimum Gasteiger partial charge on any atom is -0.325 e. The fourth-order valence-electron chi connectivity index (χ4n) is 3.66. The Balaban J connectivity index is 1.48. The minimum atomic E-state index is 0.0460.